The minimum atomic E-state index is -4.21. The Balaban J connectivity index is 2.27. The molecule has 0 aliphatic carbocycles. The second kappa shape index (κ2) is 12.0. The first-order valence-electron chi connectivity index (χ1n) is 12.8. The van der Waals surface area contributed by atoms with Crippen molar-refractivity contribution in [1.82, 2.24) is 14.6 Å². The molecule has 0 aliphatic rings. The molecule has 0 aliphatic heterocycles. The number of aryl methyl sites for hydroxylation is 1. The number of halogens is 1. The minimum Gasteiger partial charge on any atom is -0.598 e. The third-order valence-corrected chi connectivity index (χ3v) is 9.42. The van der Waals surface area contributed by atoms with Crippen LogP contribution in [0.15, 0.2) is 69.3 Å². The van der Waals surface area contributed by atoms with Gasteiger partial charge >= 0.3 is 6.09 Å². The largest absolute Gasteiger partial charge is 0.598 e. The number of sulfone groups is 1. The van der Waals surface area contributed by atoms with E-state index in [0.29, 0.717) is 11.1 Å². The summed E-state index contributed by atoms with van der Waals surface area (Å²) in [4.78, 5) is 24.9. The number of aromatic nitrogens is 1. The van der Waals surface area contributed by atoms with Crippen molar-refractivity contribution in [1.29, 1.82) is 0 Å². The Kier molecular flexibility index (Phi) is 9.43. The Bertz CT molecular complexity index is 1590. The Labute approximate surface area is 243 Å². The summed E-state index contributed by atoms with van der Waals surface area (Å²) < 4.78 is 63.3. The number of nitrogens with one attached hydrogen (secondary N) is 2. The summed E-state index contributed by atoms with van der Waals surface area (Å²) in [6, 6.07) is 9.17. The van der Waals surface area contributed by atoms with E-state index in [9.17, 15) is 27.0 Å². The first-order chi connectivity index (χ1) is 18.8. The third kappa shape index (κ3) is 7.97. The van der Waals surface area contributed by atoms with Gasteiger partial charge in [0, 0.05) is 47.3 Å². The van der Waals surface area contributed by atoms with Crippen molar-refractivity contribution < 1.29 is 26.9 Å². The fourth-order valence-corrected chi connectivity index (χ4v) is 6.08. The summed E-state index contributed by atoms with van der Waals surface area (Å²) >= 11 is -1.51. The van der Waals surface area contributed by atoms with E-state index in [1.165, 1.54) is 42.1 Å². The summed E-state index contributed by atoms with van der Waals surface area (Å²) in [6.07, 6.45) is 0.738. The predicted octanol–water partition coefficient (Wildman–Crippen LogP) is 5.02. The van der Waals surface area contributed by atoms with E-state index in [0.717, 1.165) is 24.3 Å². The van der Waals surface area contributed by atoms with E-state index in [4.69, 9.17) is 4.74 Å². The second-order valence-electron chi connectivity index (χ2n) is 11.7. The molecule has 2 N–H and O–H groups in total. The average molecular weight is 606 g/mol. The lowest BCUT2D eigenvalue weighted by Gasteiger charge is -2.27. The van der Waals surface area contributed by atoms with Gasteiger partial charge in [-0.25, -0.2) is 17.6 Å². The number of ether oxygens (including phenoxy) is 1. The van der Waals surface area contributed by atoms with Crippen LogP contribution in [0.25, 0.3) is 11.1 Å². The minimum absolute atomic E-state index is 0.0542. The highest BCUT2D eigenvalue weighted by Crippen LogP contribution is 2.38. The van der Waals surface area contributed by atoms with E-state index >= 15 is 0 Å². The van der Waals surface area contributed by atoms with Crippen LogP contribution in [0.3, 0.4) is 0 Å². The fourth-order valence-electron chi connectivity index (χ4n) is 3.83. The molecule has 0 bridgehead atoms. The first-order valence-corrected chi connectivity index (χ1v) is 15.5. The Morgan fingerprint density at radius 2 is 1.63 bits per heavy atom. The monoisotopic (exact) mass is 605 g/mol. The van der Waals surface area contributed by atoms with Gasteiger partial charge in [0.1, 0.15) is 16.3 Å². The molecule has 12 heteroatoms. The molecular formula is C29H36FN3O6S2. The number of rotatable bonds is 7. The van der Waals surface area contributed by atoms with Crippen LogP contribution in [0.4, 0.5) is 9.18 Å². The molecule has 0 unspecified atom stereocenters. The summed E-state index contributed by atoms with van der Waals surface area (Å²) in [5.74, 6) is -0.539. The third-order valence-electron chi connectivity index (χ3n) is 5.91. The van der Waals surface area contributed by atoms with Gasteiger partial charge < -0.3 is 19.2 Å². The van der Waals surface area contributed by atoms with E-state index in [1.807, 2.05) is 0 Å². The van der Waals surface area contributed by atoms with Gasteiger partial charge in [-0.1, -0.05) is 0 Å². The van der Waals surface area contributed by atoms with Crippen molar-refractivity contribution in [2.75, 3.05) is 0 Å². The van der Waals surface area contributed by atoms with Crippen LogP contribution in [0.5, 0.6) is 5.75 Å². The van der Waals surface area contributed by atoms with Crippen molar-refractivity contribution >= 4 is 27.3 Å². The number of amides is 1. The highest BCUT2D eigenvalue weighted by Gasteiger charge is 2.31. The number of carbonyl (C=O) groups is 1. The normalized spacial score (nSPS) is 13.9. The summed E-state index contributed by atoms with van der Waals surface area (Å²) in [5, 5.41) is 2.68. The molecule has 0 saturated carbocycles. The van der Waals surface area contributed by atoms with Gasteiger partial charge in [0.15, 0.2) is 0 Å². The second-order valence-corrected chi connectivity index (χ2v) is 15.6. The summed E-state index contributed by atoms with van der Waals surface area (Å²) in [6.45, 7) is 12.5. The predicted molar refractivity (Wildman–Crippen MR) is 157 cm³/mol. The van der Waals surface area contributed by atoms with E-state index in [1.54, 1.807) is 48.5 Å². The van der Waals surface area contributed by atoms with Crippen molar-refractivity contribution in [2.45, 2.75) is 74.6 Å². The molecular weight excluding hydrogens is 569 g/mol. The maximum atomic E-state index is 13.8. The van der Waals surface area contributed by atoms with Gasteiger partial charge in [-0.2, -0.15) is 0 Å². The lowest BCUT2D eigenvalue weighted by atomic mass is 9.97. The molecule has 3 rings (SSSR count). The van der Waals surface area contributed by atoms with E-state index in [-0.39, 0.29) is 26.7 Å². The molecule has 0 saturated heterocycles. The van der Waals surface area contributed by atoms with Crippen LogP contribution >= 0.6 is 0 Å². The van der Waals surface area contributed by atoms with E-state index in [2.05, 4.69) is 10.0 Å². The topological polar surface area (TPSA) is 130 Å². The number of pyridine rings is 1. The average Bonchev–Trinajstić information content (AvgIpc) is 2.83. The van der Waals surface area contributed by atoms with Crippen LogP contribution in [0.1, 0.15) is 60.1 Å². The lowest BCUT2D eigenvalue weighted by Crippen LogP contribution is -2.42. The van der Waals surface area contributed by atoms with Crippen molar-refractivity contribution in [3.05, 3.63) is 76.5 Å². The number of hydrogen-bond acceptors (Lipinski definition) is 7. The van der Waals surface area contributed by atoms with Crippen molar-refractivity contribution in [2.24, 2.45) is 7.05 Å². The summed E-state index contributed by atoms with van der Waals surface area (Å²) in [7, 11) is -2.69. The SMILES string of the molecule is C[C@H](N[S@@+]([O-])C(C)(C)C)c1cc(=O)n(C)cc1-c1cc(OC(=O)NC(C)(C)C)ccc1S(=O)(=O)c1ccc(F)cc1. The van der Waals surface area contributed by atoms with Crippen LogP contribution in [-0.4, -0.2) is 33.9 Å². The van der Waals surface area contributed by atoms with Crippen molar-refractivity contribution in [3.63, 3.8) is 0 Å². The number of hydrogen-bond donors (Lipinski definition) is 2. The molecule has 0 radical (unpaired) electrons. The van der Waals surface area contributed by atoms with Crippen LogP contribution < -0.4 is 20.3 Å². The Hall–Kier alpha value is -3.19. The molecule has 3 aromatic rings. The van der Waals surface area contributed by atoms with Crippen LogP contribution in [0.2, 0.25) is 0 Å². The van der Waals surface area contributed by atoms with Gasteiger partial charge in [-0.15, -0.1) is 4.72 Å². The Morgan fingerprint density at radius 1 is 1.02 bits per heavy atom. The maximum absolute atomic E-state index is 13.8. The molecule has 2 atom stereocenters. The van der Waals surface area contributed by atoms with Gasteiger partial charge in [-0.3, -0.25) is 4.79 Å². The molecule has 222 valence electrons. The number of benzene rings is 2. The zero-order chi connectivity index (χ0) is 30.9. The molecule has 0 spiro atoms. The zero-order valence-corrected chi connectivity index (χ0v) is 26.0. The number of nitrogens with zero attached hydrogens (tertiary/aromatic N) is 1. The molecule has 1 amide bonds. The molecule has 2 aromatic carbocycles. The standard InChI is InChI=1S/C29H36FN3O6S2/c1-18(32-40(36)29(5,6)7)22-16-26(34)33(8)17-24(22)23-15-20(39-27(35)31-28(2,3)4)11-14-25(23)41(37,38)21-12-9-19(30)10-13-21/h9-18,32H,1-8H3,(H,31,35)/t18-,40-/m0/s1. The number of carbonyl (C=O) groups excluding carboxylic acids is 1. The fraction of sp³-hybridized carbons (Fsp3) is 0.379. The van der Waals surface area contributed by atoms with E-state index < -0.39 is 49.4 Å². The van der Waals surface area contributed by atoms with Crippen LogP contribution in [0, 0.1) is 5.82 Å². The van der Waals surface area contributed by atoms with Gasteiger partial charge in [0.05, 0.1) is 15.8 Å². The smallest absolute Gasteiger partial charge is 0.413 e. The molecule has 1 aromatic heterocycles. The molecule has 1 heterocycles. The first kappa shape index (κ1) is 32.3. The summed E-state index contributed by atoms with van der Waals surface area (Å²) in [5.41, 5.74) is -0.0894. The van der Waals surface area contributed by atoms with Gasteiger partial charge in [0.2, 0.25) is 9.84 Å². The lowest BCUT2D eigenvalue weighted by molar-refractivity contribution is 0.190. The van der Waals surface area contributed by atoms with Gasteiger partial charge in [0.25, 0.3) is 5.56 Å². The molecule has 0 fully saturated rings. The highest BCUT2D eigenvalue weighted by atomic mass is 32.2. The highest BCUT2D eigenvalue weighted by molar-refractivity contribution is 7.91. The van der Waals surface area contributed by atoms with Crippen LogP contribution in [-0.2, 0) is 28.2 Å². The molecule has 9 nitrogen and oxygen atoms in total. The maximum Gasteiger partial charge on any atom is 0.413 e. The Morgan fingerprint density at radius 3 is 2.20 bits per heavy atom. The molecule has 41 heavy (non-hydrogen) atoms. The van der Waals surface area contributed by atoms with Crippen molar-refractivity contribution in [3.8, 4) is 16.9 Å². The quantitative estimate of drug-likeness (QED) is 0.286. The zero-order valence-electron chi connectivity index (χ0n) is 24.4. The van der Waals surface area contributed by atoms with Gasteiger partial charge in [-0.05, 0) is 96.5 Å².